The molecule has 0 unspecified atom stereocenters. The van der Waals surface area contributed by atoms with E-state index in [1.807, 2.05) is 6.92 Å². The van der Waals surface area contributed by atoms with Crippen molar-refractivity contribution in [1.29, 1.82) is 5.41 Å². The molecule has 1 aliphatic rings. The molecule has 0 bridgehead atoms. The molecule has 4 heteroatoms. The standard InChI is InChI=1S/C17H21N3S/c1-12-4-3-5-15(10-12)16-11-21-17(19-16)20-8-6-14(7-9-20)13(2)18/h3-5,10-11,14,18H,6-9H2,1-2H3. The van der Waals surface area contributed by atoms with Gasteiger partial charge in [0.05, 0.1) is 5.69 Å². The Bertz CT molecular complexity index is 639. The summed E-state index contributed by atoms with van der Waals surface area (Å²) in [5.74, 6) is 0.470. The van der Waals surface area contributed by atoms with Crippen LogP contribution in [0.2, 0.25) is 0 Å². The van der Waals surface area contributed by atoms with Crippen molar-refractivity contribution in [3.63, 3.8) is 0 Å². The van der Waals surface area contributed by atoms with Gasteiger partial charge < -0.3 is 10.3 Å². The summed E-state index contributed by atoms with van der Waals surface area (Å²) < 4.78 is 0. The Morgan fingerprint density at radius 1 is 1.33 bits per heavy atom. The second-order valence-corrected chi connectivity index (χ2v) is 6.67. The highest BCUT2D eigenvalue weighted by Gasteiger charge is 2.22. The molecule has 3 rings (SSSR count). The number of aryl methyl sites for hydroxylation is 1. The average molecular weight is 299 g/mol. The molecule has 2 heterocycles. The molecule has 1 aromatic carbocycles. The van der Waals surface area contributed by atoms with Gasteiger partial charge in [0.15, 0.2) is 5.13 Å². The van der Waals surface area contributed by atoms with E-state index in [1.54, 1.807) is 11.3 Å². The van der Waals surface area contributed by atoms with E-state index in [1.165, 1.54) is 11.1 Å². The zero-order valence-corrected chi connectivity index (χ0v) is 13.4. The van der Waals surface area contributed by atoms with Gasteiger partial charge >= 0.3 is 0 Å². The van der Waals surface area contributed by atoms with Crippen LogP contribution in [0.3, 0.4) is 0 Å². The highest BCUT2D eigenvalue weighted by Crippen LogP contribution is 2.30. The van der Waals surface area contributed by atoms with E-state index in [4.69, 9.17) is 10.4 Å². The summed E-state index contributed by atoms with van der Waals surface area (Å²) in [4.78, 5) is 7.17. The quantitative estimate of drug-likeness (QED) is 0.855. The minimum Gasteiger partial charge on any atom is -0.348 e. The van der Waals surface area contributed by atoms with Crippen molar-refractivity contribution < 1.29 is 0 Å². The van der Waals surface area contributed by atoms with E-state index in [0.29, 0.717) is 5.92 Å². The fourth-order valence-corrected chi connectivity index (χ4v) is 3.74. The molecule has 1 saturated heterocycles. The van der Waals surface area contributed by atoms with E-state index in [9.17, 15) is 0 Å². The number of nitrogens with one attached hydrogen (secondary N) is 1. The van der Waals surface area contributed by atoms with Gasteiger partial charge in [0.2, 0.25) is 0 Å². The molecule has 1 fully saturated rings. The van der Waals surface area contributed by atoms with Crippen molar-refractivity contribution in [2.24, 2.45) is 5.92 Å². The van der Waals surface area contributed by atoms with Crippen LogP contribution in [-0.4, -0.2) is 23.8 Å². The Balaban J connectivity index is 1.73. The predicted molar refractivity (Wildman–Crippen MR) is 90.6 cm³/mol. The normalized spacial score (nSPS) is 16.2. The van der Waals surface area contributed by atoms with Crippen LogP contribution in [0.15, 0.2) is 29.6 Å². The maximum absolute atomic E-state index is 7.76. The van der Waals surface area contributed by atoms with Crippen LogP contribution in [0.4, 0.5) is 5.13 Å². The molecule has 0 spiro atoms. The van der Waals surface area contributed by atoms with Crippen molar-refractivity contribution in [3.8, 4) is 11.3 Å². The molecule has 3 nitrogen and oxygen atoms in total. The molecule has 0 amide bonds. The van der Waals surface area contributed by atoms with Gasteiger partial charge in [-0.05, 0) is 38.7 Å². The highest BCUT2D eigenvalue weighted by atomic mass is 32.1. The molecule has 1 N–H and O–H groups in total. The summed E-state index contributed by atoms with van der Waals surface area (Å²) in [5, 5.41) is 11.0. The Hall–Kier alpha value is -1.68. The number of thiazole rings is 1. The maximum Gasteiger partial charge on any atom is 0.185 e. The zero-order chi connectivity index (χ0) is 14.8. The SMILES string of the molecule is CC(=N)C1CCN(c2nc(-c3cccc(C)c3)cs2)CC1. The number of rotatable bonds is 3. The Morgan fingerprint density at radius 3 is 2.76 bits per heavy atom. The molecule has 1 aromatic heterocycles. The van der Waals surface area contributed by atoms with Crippen LogP contribution >= 0.6 is 11.3 Å². The van der Waals surface area contributed by atoms with Crippen molar-refractivity contribution >= 4 is 22.2 Å². The van der Waals surface area contributed by atoms with E-state index >= 15 is 0 Å². The number of nitrogens with zero attached hydrogens (tertiary/aromatic N) is 2. The van der Waals surface area contributed by atoms with Gasteiger partial charge in [-0.15, -0.1) is 11.3 Å². The van der Waals surface area contributed by atoms with E-state index < -0.39 is 0 Å². The van der Waals surface area contributed by atoms with Crippen LogP contribution in [0.1, 0.15) is 25.3 Å². The van der Waals surface area contributed by atoms with E-state index in [-0.39, 0.29) is 0 Å². The minimum atomic E-state index is 0.470. The lowest BCUT2D eigenvalue weighted by Gasteiger charge is -2.31. The molecule has 2 aromatic rings. The summed E-state index contributed by atoms with van der Waals surface area (Å²) in [6.07, 6.45) is 2.16. The van der Waals surface area contributed by atoms with Gasteiger partial charge in [0.1, 0.15) is 0 Å². The van der Waals surface area contributed by atoms with Crippen molar-refractivity contribution in [3.05, 3.63) is 35.2 Å². The third-order valence-corrected chi connectivity index (χ3v) is 5.09. The Morgan fingerprint density at radius 2 is 2.10 bits per heavy atom. The summed E-state index contributed by atoms with van der Waals surface area (Å²) in [5.41, 5.74) is 4.37. The number of piperidine rings is 1. The van der Waals surface area contributed by atoms with Gasteiger partial charge in [0, 0.05) is 29.7 Å². The lowest BCUT2D eigenvalue weighted by molar-refractivity contribution is 0.499. The first kappa shape index (κ1) is 14.3. The van der Waals surface area contributed by atoms with E-state index in [0.717, 1.165) is 42.5 Å². The van der Waals surface area contributed by atoms with Gasteiger partial charge in [-0.25, -0.2) is 4.98 Å². The average Bonchev–Trinajstić information content (AvgIpc) is 2.97. The third-order valence-electron chi connectivity index (χ3n) is 4.18. The van der Waals surface area contributed by atoms with Crippen LogP contribution in [0.25, 0.3) is 11.3 Å². The number of aromatic nitrogens is 1. The molecular formula is C17H21N3S. The molecule has 0 aliphatic carbocycles. The lowest BCUT2D eigenvalue weighted by atomic mass is 9.93. The highest BCUT2D eigenvalue weighted by molar-refractivity contribution is 7.14. The van der Waals surface area contributed by atoms with Crippen molar-refractivity contribution in [2.75, 3.05) is 18.0 Å². The first-order chi connectivity index (χ1) is 10.1. The molecular weight excluding hydrogens is 278 g/mol. The molecule has 0 saturated carbocycles. The topological polar surface area (TPSA) is 40.0 Å². The summed E-state index contributed by atoms with van der Waals surface area (Å²) >= 11 is 1.73. The lowest BCUT2D eigenvalue weighted by Crippen LogP contribution is -2.35. The zero-order valence-electron chi connectivity index (χ0n) is 12.6. The number of benzene rings is 1. The molecule has 110 valence electrons. The third kappa shape index (κ3) is 3.16. The number of hydrogen-bond donors (Lipinski definition) is 1. The summed E-state index contributed by atoms with van der Waals surface area (Å²) in [7, 11) is 0. The number of hydrogen-bond acceptors (Lipinski definition) is 4. The second kappa shape index (κ2) is 5.98. The monoisotopic (exact) mass is 299 g/mol. The van der Waals surface area contributed by atoms with Gasteiger partial charge in [-0.1, -0.05) is 23.8 Å². The van der Waals surface area contributed by atoms with E-state index in [2.05, 4.69) is 41.5 Å². The summed E-state index contributed by atoms with van der Waals surface area (Å²) in [6, 6.07) is 8.50. The van der Waals surface area contributed by atoms with Crippen LogP contribution in [0, 0.1) is 18.3 Å². The van der Waals surface area contributed by atoms with Crippen molar-refractivity contribution in [2.45, 2.75) is 26.7 Å². The predicted octanol–water partition coefficient (Wildman–Crippen LogP) is 4.37. The molecule has 1 aliphatic heterocycles. The smallest absolute Gasteiger partial charge is 0.185 e. The van der Waals surface area contributed by atoms with Crippen LogP contribution in [0.5, 0.6) is 0 Å². The van der Waals surface area contributed by atoms with Gasteiger partial charge in [0.25, 0.3) is 0 Å². The first-order valence-electron chi connectivity index (χ1n) is 7.46. The molecule has 21 heavy (non-hydrogen) atoms. The molecule has 0 radical (unpaired) electrons. The maximum atomic E-state index is 7.76. The number of anilines is 1. The van der Waals surface area contributed by atoms with Gasteiger partial charge in [-0.2, -0.15) is 0 Å². The second-order valence-electron chi connectivity index (χ2n) is 5.83. The van der Waals surface area contributed by atoms with Crippen molar-refractivity contribution in [1.82, 2.24) is 4.98 Å². The first-order valence-corrected chi connectivity index (χ1v) is 8.34. The summed E-state index contributed by atoms with van der Waals surface area (Å²) in [6.45, 7) is 6.07. The molecule has 0 atom stereocenters. The Labute approximate surface area is 130 Å². The van der Waals surface area contributed by atoms with Crippen LogP contribution in [-0.2, 0) is 0 Å². The fraction of sp³-hybridized carbons (Fsp3) is 0.412. The van der Waals surface area contributed by atoms with Crippen LogP contribution < -0.4 is 4.90 Å². The van der Waals surface area contributed by atoms with Gasteiger partial charge in [-0.3, -0.25) is 0 Å². The largest absolute Gasteiger partial charge is 0.348 e. The Kier molecular flexibility index (Phi) is 4.06. The fourth-order valence-electron chi connectivity index (χ4n) is 2.85. The minimum absolute atomic E-state index is 0.470.